The molecule has 1 aromatic heterocycles. The predicted molar refractivity (Wildman–Crippen MR) is 83.0 cm³/mol. The lowest BCUT2D eigenvalue weighted by atomic mass is 9.89. The number of carbonyl (C=O) groups is 1. The summed E-state index contributed by atoms with van der Waals surface area (Å²) in [6.45, 7) is 8.15. The summed E-state index contributed by atoms with van der Waals surface area (Å²) in [5.74, 6) is -0.560. The Balaban J connectivity index is 2.13. The minimum Gasteiger partial charge on any atom is -0.348 e. The quantitative estimate of drug-likeness (QED) is 0.947. The molecule has 0 aliphatic rings. The molecule has 22 heavy (non-hydrogen) atoms. The zero-order valence-corrected chi connectivity index (χ0v) is 13.3. The van der Waals surface area contributed by atoms with Crippen molar-refractivity contribution in [1.29, 1.82) is 0 Å². The number of rotatable bonds is 3. The summed E-state index contributed by atoms with van der Waals surface area (Å²) in [6.07, 6.45) is 3.22. The van der Waals surface area contributed by atoms with Crippen LogP contribution in [0.3, 0.4) is 0 Å². The minimum atomic E-state index is -0.317. The van der Waals surface area contributed by atoms with E-state index in [9.17, 15) is 9.18 Å². The summed E-state index contributed by atoms with van der Waals surface area (Å²) < 4.78 is 13.2. The molecular formula is C17H20FN3O. The van der Waals surface area contributed by atoms with Crippen LogP contribution < -0.4 is 5.32 Å². The van der Waals surface area contributed by atoms with Crippen LogP contribution in [0.4, 0.5) is 4.39 Å². The lowest BCUT2D eigenvalue weighted by molar-refractivity contribution is 0.0950. The second-order valence-electron chi connectivity index (χ2n) is 6.29. The lowest BCUT2D eigenvalue weighted by Gasteiger charge is -2.21. The molecule has 0 bridgehead atoms. The van der Waals surface area contributed by atoms with Crippen molar-refractivity contribution in [3.63, 3.8) is 0 Å². The van der Waals surface area contributed by atoms with Gasteiger partial charge in [0.15, 0.2) is 0 Å². The number of hydrogen-bond acceptors (Lipinski definition) is 3. The first-order valence-corrected chi connectivity index (χ1v) is 7.13. The van der Waals surface area contributed by atoms with Gasteiger partial charge in [-0.25, -0.2) is 14.4 Å². The van der Waals surface area contributed by atoms with Crippen LogP contribution in [-0.2, 0) is 12.0 Å². The molecule has 4 nitrogen and oxygen atoms in total. The zero-order chi connectivity index (χ0) is 16.3. The Morgan fingerprint density at radius 2 is 2.05 bits per heavy atom. The minimum absolute atomic E-state index is 0.129. The maximum absolute atomic E-state index is 13.2. The number of nitrogens with one attached hydrogen (secondary N) is 1. The van der Waals surface area contributed by atoms with Crippen LogP contribution >= 0.6 is 0 Å². The molecular weight excluding hydrogens is 281 g/mol. The third kappa shape index (κ3) is 3.67. The Kier molecular flexibility index (Phi) is 4.54. The number of halogens is 1. The van der Waals surface area contributed by atoms with Gasteiger partial charge in [-0.3, -0.25) is 4.79 Å². The summed E-state index contributed by atoms with van der Waals surface area (Å²) in [5, 5.41) is 2.83. The molecule has 1 N–H and O–H groups in total. The Labute approximate surface area is 129 Å². The van der Waals surface area contributed by atoms with Gasteiger partial charge in [-0.05, 0) is 30.7 Å². The number of nitrogens with zero attached hydrogens (tertiary/aromatic N) is 2. The van der Waals surface area contributed by atoms with Gasteiger partial charge in [0.05, 0.1) is 5.69 Å². The van der Waals surface area contributed by atoms with E-state index in [1.54, 1.807) is 13.1 Å². The van der Waals surface area contributed by atoms with E-state index in [1.807, 2.05) is 0 Å². The van der Waals surface area contributed by atoms with Crippen LogP contribution in [0.5, 0.6) is 0 Å². The van der Waals surface area contributed by atoms with E-state index in [0.717, 1.165) is 11.3 Å². The Morgan fingerprint density at radius 3 is 2.68 bits per heavy atom. The van der Waals surface area contributed by atoms with Crippen molar-refractivity contribution in [3.05, 3.63) is 58.9 Å². The van der Waals surface area contributed by atoms with E-state index in [4.69, 9.17) is 0 Å². The highest BCUT2D eigenvalue weighted by atomic mass is 19.1. The van der Waals surface area contributed by atoms with E-state index in [2.05, 4.69) is 36.1 Å². The predicted octanol–water partition coefficient (Wildman–Crippen LogP) is 3.15. The first kappa shape index (κ1) is 16.1. The zero-order valence-electron chi connectivity index (χ0n) is 13.3. The van der Waals surface area contributed by atoms with Crippen LogP contribution in [0.2, 0.25) is 0 Å². The molecule has 0 aliphatic heterocycles. The fourth-order valence-electron chi connectivity index (χ4n) is 2.23. The van der Waals surface area contributed by atoms with Gasteiger partial charge >= 0.3 is 0 Å². The standard InChI is InChI=1S/C17H20FN3O/c1-11-7-12(5-6-14(11)18)16(22)20-9-13-8-19-10-21-15(13)17(2,3)4/h5-8,10H,9H2,1-4H3,(H,20,22). The normalized spacial score (nSPS) is 11.3. The largest absolute Gasteiger partial charge is 0.348 e. The molecule has 0 radical (unpaired) electrons. The first-order valence-electron chi connectivity index (χ1n) is 7.13. The van der Waals surface area contributed by atoms with Crippen molar-refractivity contribution < 1.29 is 9.18 Å². The third-order valence-electron chi connectivity index (χ3n) is 3.36. The average Bonchev–Trinajstić information content (AvgIpc) is 2.47. The van der Waals surface area contributed by atoms with Crippen LogP contribution in [0, 0.1) is 12.7 Å². The van der Waals surface area contributed by atoms with Gasteiger partial charge in [0.1, 0.15) is 12.1 Å². The summed E-state index contributed by atoms with van der Waals surface area (Å²) in [5.41, 5.74) is 2.54. The number of aryl methyl sites for hydroxylation is 1. The molecule has 1 heterocycles. The molecule has 1 aromatic carbocycles. The van der Waals surface area contributed by atoms with E-state index in [0.29, 0.717) is 17.7 Å². The van der Waals surface area contributed by atoms with Gasteiger partial charge in [-0.1, -0.05) is 20.8 Å². The van der Waals surface area contributed by atoms with Crippen molar-refractivity contribution in [3.8, 4) is 0 Å². The Bertz CT molecular complexity index is 693. The van der Waals surface area contributed by atoms with Gasteiger partial charge in [0.25, 0.3) is 5.91 Å². The lowest BCUT2D eigenvalue weighted by Crippen LogP contribution is -2.26. The third-order valence-corrected chi connectivity index (χ3v) is 3.36. The highest BCUT2D eigenvalue weighted by Gasteiger charge is 2.20. The maximum atomic E-state index is 13.2. The Hall–Kier alpha value is -2.30. The molecule has 0 saturated carbocycles. The van der Waals surface area contributed by atoms with Crippen LogP contribution in [0.15, 0.2) is 30.7 Å². The summed E-state index contributed by atoms with van der Waals surface area (Å²) in [7, 11) is 0. The second-order valence-corrected chi connectivity index (χ2v) is 6.29. The van der Waals surface area contributed by atoms with E-state index >= 15 is 0 Å². The fraction of sp³-hybridized carbons (Fsp3) is 0.353. The average molecular weight is 301 g/mol. The van der Waals surface area contributed by atoms with Gasteiger partial charge in [0.2, 0.25) is 0 Å². The molecule has 0 unspecified atom stereocenters. The number of aromatic nitrogens is 2. The van der Waals surface area contributed by atoms with Crippen molar-refractivity contribution >= 4 is 5.91 Å². The topological polar surface area (TPSA) is 54.9 Å². The van der Waals surface area contributed by atoms with Crippen molar-refractivity contribution in [2.75, 3.05) is 0 Å². The molecule has 0 atom stereocenters. The molecule has 0 saturated heterocycles. The van der Waals surface area contributed by atoms with Crippen molar-refractivity contribution in [1.82, 2.24) is 15.3 Å². The molecule has 2 aromatic rings. The highest BCUT2D eigenvalue weighted by molar-refractivity contribution is 5.94. The van der Waals surface area contributed by atoms with Crippen LogP contribution in [-0.4, -0.2) is 15.9 Å². The van der Waals surface area contributed by atoms with Crippen molar-refractivity contribution in [2.45, 2.75) is 39.7 Å². The molecule has 0 spiro atoms. The summed E-state index contributed by atoms with van der Waals surface area (Å²) >= 11 is 0. The van der Waals surface area contributed by atoms with Crippen LogP contribution in [0.25, 0.3) is 0 Å². The Morgan fingerprint density at radius 1 is 1.32 bits per heavy atom. The molecule has 0 fully saturated rings. The van der Waals surface area contributed by atoms with Crippen LogP contribution in [0.1, 0.15) is 48.0 Å². The second kappa shape index (κ2) is 6.22. The number of benzene rings is 1. The number of hydrogen-bond donors (Lipinski definition) is 1. The molecule has 116 valence electrons. The van der Waals surface area contributed by atoms with Crippen molar-refractivity contribution in [2.24, 2.45) is 0 Å². The molecule has 2 rings (SSSR count). The maximum Gasteiger partial charge on any atom is 0.251 e. The first-order chi connectivity index (χ1) is 10.3. The number of carbonyl (C=O) groups excluding carboxylic acids is 1. The summed E-state index contributed by atoms with van der Waals surface area (Å²) in [6, 6.07) is 4.32. The van der Waals surface area contributed by atoms with E-state index < -0.39 is 0 Å². The SMILES string of the molecule is Cc1cc(C(=O)NCc2cncnc2C(C)(C)C)ccc1F. The number of amides is 1. The van der Waals surface area contributed by atoms with Gasteiger partial charge in [-0.2, -0.15) is 0 Å². The molecule has 1 amide bonds. The van der Waals surface area contributed by atoms with E-state index in [1.165, 1.54) is 24.5 Å². The van der Waals surface area contributed by atoms with Gasteiger partial charge in [-0.15, -0.1) is 0 Å². The smallest absolute Gasteiger partial charge is 0.251 e. The highest BCUT2D eigenvalue weighted by Crippen LogP contribution is 2.22. The fourth-order valence-corrected chi connectivity index (χ4v) is 2.23. The summed E-state index contributed by atoms with van der Waals surface area (Å²) in [4.78, 5) is 20.5. The van der Waals surface area contributed by atoms with Gasteiger partial charge < -0.3 is 5.32 Å². The van der Waals surface area contributed by atoms with Gasteiger partial charge in [0, 0.05) is 29.3 Å². The molecule has 0 aliphatic carbocycles. The molecule has 5 heteroatoms. The monoisotopic (exact) mass is 301 g/mol. The van der Waals surface area contributed by atoms with E-state index in [-0.39, 0.29) is 17.1 Å².